The lowest BCUT2D eigenvalue weighted by atomic mass is 10.0. The molecular weight excluding hydrogens is 350 g/mol. The molecule has 0 amide bonds. The zero-order chi connectivity index (χ0) is 18.1. The van der Waals surface area contributed by atoms with E-state index >= 15 is 0 Å². The minimum absolute atomic E-state index is 0.178. The first kappa shape index (κ1) is 18.1. The van der Waals surface area contributed by atoms with Crippen LogP contribution >= 0.6 is 0 Å². The predicted molar refractivity (Wildman–Crippen MR) is 101 cm³/mol. The maximum Gasteiger partial charge on any atom is 0.217 e. The van der Waals surface area contributed by atoms with Crippen LogP contribution in [-0.4, -0.2) is 48.1 Å². The quantitative estimate of drug-likeness (QED) is 0.832. The van der Waals surface area contributed by atoms with Crippen molar-refractivity contribution < 1.29 is 8.42 Å². The van der Waals surface area contributed by atoms with Gasteiger partial charge in [-0.2, -0.15) is 4.31 Å². The van der Waals surface area contributed by atoms with Gasteiger partial charge >= 0.3 is 0 Å². The molecule has 7 nitrogen and oxygen atoms in total. The first-order chi connectivity index (χ1) is 12.6. The molecule has 2 N–H and O–H groups in total. The van der Waals surface area contributed by atoms with Crippen LogP contribution in [0, 0.1) is 0 Å². The highest BCUT2D eigenvalue weighted by Gasteiger charge is 2.36. The summed E-state index contributed by atoms with van der Waals surface area (Å²) in [6.45, 7) is 1.90. The van der Waals surface area contributed by atoms with Crippen molar-refractivity contribution in [3.8, 4) is 0 Å². The van der Waals surface area contributed by atoms with E-state index in [2.05, 4.69) is 10.6 Å². The summed E-state index contributed by atoms with van der Waals surface area (Å²) >= 11 is 0. The van der Waals surface area contributed by atoms with Gasteiger partial charge in [0, 0.05) is 19.2 Å². The van der Waals surface area contributed by atoms with E-state index in [0.717, 1.165) is 74.4 Å². The molecule has 1 aromatic heterocycles. The molecule has 0 spiro atoms. The Balaban J connectivity index is 1.61. The topological polar surface area (TPSA) is 87.2 Å². The number of fused-ring (bicyclic) bond motifs is 1. The Morgan fingerprint density at radius 3 is 2.62 bits per heavy atom. The van der Waals surface area contributed by atoms with Crippen molar-refractivity contribution in [1.82, 2.24) is 19.6 Å². The molecule has 0 radical (unpaired) electrons. The van der Waals surface area contributed by atoms with Crippen LogP contribution in [0.15, 0.2) is 0 Å². The van der Waals surface area contributed by atoms with Crippen LogP contribution in [-0.2, 0) is 23.0 Å². The maximum atomic E-state index is 13.1. The number of anilines is 1. The zero-order valence-corrected chi connectivity index (χ0v) is 16.3. The fourth-order valence-corrected chi connectivity index (χ4v) is 6.48. The molecule has 0 bridgehead atoms. The smallest absolute Gasteiger partial charge is 0.217 e. The number of hydrogen-bond acceptors (Lipinski definition) is 6. The van der Waals surface area contributed by atoms with Crippen molar-refractivity contribution in [2.75, 3.05) is 25.5 Å². The summed E-state index contributed by atoms with van der Waals surface area (Å²) in [5.74, 6) is 1.65. The van der Waals surface area contributed by atoms with E-state index in [1.165, 1.54) is 0 Å². The molecular formula is C18H29N5O2S. The van der Waals surface area contributed by atoms with Gasteiger partial charge in [0.15, 0.2) is 0 Å². The van der Waals surface area contributed by atoms with Crippen LogP contribution in [0.2, 0.25) is 0 Å². The summed E-state index contributed by atoms with van der Waals surface area (Å²) in [6, 6.07) is 0.178. The lowest BCUT2D eigenvalue weighted by molar-refractivity contribution is 0.364. The second-order valence-corrected chi connectivity index (χ2v) is 9.86. The van der Waals surface area contributed by atoms with Gasteiger partial charge in [-0.3, -0.25) is 0 Å². The van der Waals surface area contributed by atoms with E-state index in [0.29, 0.717) is 19.5 Å². The number of sulfonamides is 1. The highest BCUT2D eigenvalue weighted by molar-refractivity contribution is 7.89. The molecule has 1 saturated carbocycles. The minimum Gasteiger partial charge on any atom is -0.373 e. The van der Waals surface area contributed by atoms with Crippen molar-refractivity contribution in [2.45, 2.75) is 69.2 Å². The van der Waals surface area contributed by atoms with E-state index in [1.54, 1.807) is 4.31 Å². The summed E-state index contributed by atoms with van der Waals surface area (Å²) in [6.07, 6.45) is 7.65. The van der Waals surface area contributed by atoms with Crippen LogP contribution in [0.5, 0.6) is 0 Å². The molecule has 3 heterocycles. The largest absolute Gasteiger partial charge is 0.373 e. The highest BCUT2D eigenvalue weighted by Crippen LogP contribution is 2.32. The van der Waals surface area contributed by atoms with Crippen LogP contribution in [0.25, 0.3) is 0 Å². The Kier molecular flexibility index (Phi) is 5.16. The van der Waals surface area contributed by atoms with Crippen molar-refractivity contribution in [3.05, 3.63) is 17.1 Å². The van der Waals surface area contributed by atoms with E-state index in [4.69, 9.17) is 9.97 Å². The fourth-order valence-electron chi connectivity index (χ4n) is 4.48. The summed E-state index contributed by atoms with van der Waals surface area (Å²) in [5, 5.41) is 6.42. The molecule has 1 saturated heterocycles. The summed E-state index contributed by atoms with van der Waals surface area (Å²) in [5.41, 5.74) is 1.95. The lowest BCUT2D eigenvalue weighted by Gasteiger charge is -2.33. The minimum atomic E-state index is -3.24. The second-order valence-electron chi connectivity index (χ2n) is 7.64. The Morgan fingerprint density at radius 1 is 1.12 bits per heavy atom. The number of hydrogen-bond donors (Lipinski definition) is 2. The SMILES string of the molecule is CNc1nc([C@@H]2CCCN2)nc2c1CCN(S(=O)(=O)C1CCCCC1)C2. The third kappa shape index (κ3) is 3.34. The summed E-state index contributed by atoms with van der Waals surface area (Å²) in [4.78, 5) is 9.50. The first-order valence-electron chi connectivity index (χ1n) is 9.89. The van der Waals surface area contributed by atoms with Gasteiger partial charge < -0.3 is 10.6 Å². The van der Waals surface area contributed by atoms with Gasteiger partial charge in [0.2, 0.25) is 10.0 Å². The van der Waals surface area contributed by atoms with E-state index in [-0.39, 0.29) is 11.3 Å². The number of aromatic nitrogens is 2. The normalized spacial score (nSPS) is 25.2. The first-order valence-corrected chi connectivity index (χ1v) is 11.4. The summed E-state index contributed by atoms with van der Waals surface area (Å²) in [7, 11) is -1.37. The van der Waals surface area contributed by atoms with Crippen molar-refractivity contribution >= 4 is 15.8 Å². The van der Waals surface area contributed by atoms with Crippen LogP contribution in [0.1, 0.15) is 68.1 Å². The zero-order valence-electron chi connectivity index (χ0n) is 15.5. The fraction of sp³-hybridized carbons (Fsp3) is 0.778. The molecule has 1 atom stereocenters. The third-order valence-electron chi connectivity index (χ3n) is 5.99. The number of nitrogens with one attached hydrogen (secondary N) is 2. The van der Waals surface area contributed by atoms with E-state index in [1.807, 2.05) is 7.05 Å². The van der Waals surface area contributed by atoms with Gasteiger partial charge in [-0.1, -0.05) is 19.3 Å². The second kappa shape index (κ2) is 7.40. The molecule has 2 aliphatic heterocycles. The molecule has 1 aliphatic carbocycles. The van der Waals surface area contributed by atoms with Crippen molar-refractivity contribution in [1.29, 1.82) is 0 Å². The van der Waals surface area contributed by atoms with Crippen LogP contribution in [0.4, 0.5) is 5.82 Å². The van der Waals surface area contributed by atoms with E-state index < -0.39 is 10.0 Å². The summed E-state index contributed by atoms with van der Waals surface area (Å²) < 4.78 is 27.9. The molecule has 144 valence electrons. The molecule has 26 heavy (non-hydrogen) atoms. The van der Waals surface area contributed by atoms with Gasteiger partial charge in [0.25, 0.3) is 0 Å². The van der Waals surface area contributed by atoms with Gasteiger partial charge in [-0.25, -0.2) is 18.4 Å². The molecule has 8 heteroatoms. The Morgan fingerprint density at radius 2 is 1.92 bits per heavy atom. The highest BCUT2D eigenvalue weighted by atomic mass is 32.2. The molecule has 0 aromatic carbocycles. The lowest BCUT2D eigenvalue weighted by Crippen LogP contribution is -2.43. The number of rotatable bonds is 4. The Labute approximate surface area is 156 Å². The number of nitrogens with zero attached hydrogens (tertiary/aromatic N) is 3. The van der Waals surface area contributed by atoms with Crippen molar-refractivity contribution in [3.63, 3.8) is 0 Å². The van der Waals surface area contributed by atoms with Crippen LogP contribution in [0.3, 0.4) is 0 Å². The standard InChI is InChI=1S/C18H29N5O2S/c1-19-17-14-9-11-23(26(24,25)13-6-3-2-4-7-13)12-16(14)21-18(22-17)15-8-5-10-20-15/h13,15,20H,2-12H2,1H3,(H,19,21,22)/t15-/m0/s1. The van der Waals surface area contributed by atoms with E-state index in [9.17, 15) is 8.42 Å². The van der Waals surface area contributed by atoms with Gasteiger partial charge in [0.1, 0.15) is 11.6 Å². The monoisotopic (exact) mass is 379 g/mol. The molecule has 1 aromatic rings. The van der Waals surface area contributed by atoms with Gasteiger partial charge in [0.05, 0.1) is 23.5 Å². The molecule has 3 aliphatic rings. The molecule has 4 rings (SSSR count). The molecule has 0 unspecified atom stereocenters. The third-order valence-corrected chi connectivity index (χ3v) is 8.33. The average Bonchev–Trinajstić information content (AvgIpc) is 3.22. The van der Waals surface area contributed by atoms with Gasteiger partial charge in [-0.05, 0) is 38.6 Å². The van der Waals surface area contributed by atoms with Crippen LogP contribution < -0.4 is 10.6 Å². The van der Waals surface area contributed by atoms with Gasteiger partial charge in [-0.15, -0.1) is 0 Å². The predicted octanol–water partition coefficient (Wildman–Crippen LogP) is 1.96. The van der Waals surface area contributed by atoms with Crippen molar-refractivity contribution in [2.24, 2.45) is 0 Å². The Hall–Kier alpha value is -1.25. The maximum absolute atomic E-state index is 13.1. The Bertz CT molecular complexity index is 755. The molecule has 2 fully saturated rings. The average molecular weight is 380 g/mol.